The third kappa shape index (κ3) is 4.69. The number of aryl methyl sites for hydroxylation is 2. The first-order valence-corrected chi connectivity index (χ1v) is 6.66. The van der Waals surface area contributed by atoms with E-state index >= 15 is 0 Å². The van der Waals surface area contributed by atoms with Crippen LogP contribution in [0.2, 0.25) is 0 Å². The molecule has 0 fully saturated rings. The summed E-state index contributed by atoms with van der Waals surface area (Å²) in [5, 5.41) is 3.97. The summed E-state index contributed by atoms with van der Waals surface area (Å²) >= 11 is 0. The number of benzene rings is 2. The van der Waals surface area contributed by atoms with Gasteiger partial charge in [0.2, 0.25) is 5.91 Å². The van der Waals surface area contributed by atoms with Crippen molar-refractivity contribution in [2.24, 2.45) is 5.10 Å². The molecule has 0 aromatic heterocycles. The maximum Gasteiger partial charge on any atom is 0.240 e. The fourth-order valence-electron chi connectivity index (χ4n) is 1.89. The molecule has 0 unspecified atom stereocenters. The van der Waals surface area contributed by atoms with Crippen LogP contribution in [-0.4, -0.2) is 12.1 Å². The molecule has 0 spiro atoms. The molecule has 20 heavy (non-hydrogen) atoms. The molecular formula is C17H18N2O. The van der Waals surface area contributed by atoms with Gasteiger partial charge in [-0.25, -0.2) is 5.43 Å². The number of carbonyl (C=O) groups is 1. The molecule has 0 saturated heterocycles. The maximum atomic E-state index is 11.6. The Balaban J connectivity index is 1.78. The Morgan fingerprint density at radius 1 is 1.15 bits per heavy atom. The summed E-state index contributed by atoms with van der Waals surface area (Å²) in [6.45, 7) is 2.02. The van der Waals surface area contributed by atoms with Crippen LogP contribution in [-0.2, 0) is 11.2 Å². The standard InChI is InChI=1S/C17H18N2O/c1-14-6-5-9-16(12-14)13-18-19-17(20)11-10-15-7-3-2-4-8-15/h2-9,12-13H,10-11H2,1H3,(H,19,20). The van der Waals surface area contributed by atoms with Crippen LogP contribution in [0.1, 0.15) is 23.1 Å². The number of hydrogen-bond donors (Lipinski definition) is 1. The van der Waals surface area contributed by atoms with Crippen molar-refractivity contribution < 1.29 is 4.79 Å². The molecule has 0 radical (unpaired) electrons. The molecular weight excluding hydrogens is 248 g/mol. The Morgan fingerprint density at radius 2 is 1.95 bits per heavy atom. The predicted octanol–water partition coefficient (Wildman–Crippen LogP) is 3.08. The van der Waals surface area contributed by atoms with Crippen molar-refractivity contribution >= 4 is 12.1 Å². The van der Waals surface area contributed by atoms with E-state index in [0.717, 1.165) is 17.5 Å². The van der Waals surface area contributed by atoms with Crippen LogP contribution >= 0.6 is 0 Å². The smallest absolute Gasteiger partial charge is 0.240 e. The van der Waals surface area contributed by atoms with E-state index in [4.69, 9.17) is 0 Å². The number of amides is 1. The summed E-state index contributed by atoms with van der Waals surface area (Å²) in [4.78, 5) is 11.6. The van der Waals surface area contributed by atoms with Crippen LogP contribution in [0.5, 0.6) is 0 Å². The largest absolute Gasteiger partial charge is 0.273 e. The highest BCUT2D eigenvalue weighted by Gasteiger charge is 2.00. The van der Waals surface area contributed by atoms with Gasteiger partial charge >= 0.3 is 0 Å². The van der Waals surface area contributed by atoms with E-state index in [1.165, 1.54) is 5.56 Å². The average molecular weight is 266 g/mol. The lowest BCUT2D eigenvalue weighted by atomic mass is 10.1. The molecule has 0 saturated carbocycles. The van der Waals surface area contributed by atoms with Crippen LogP contribution < -0.4 is 5.43 Å². The molecule has 3 nitrogen and oxygen atoms in total. The van der Waals surface area contributed by atoms with Crippen molar-refractivity contribution in [3.8, 4) is 0 Å². The van der Waals surface area contributed by atoms with Crippen molar-refractivity contribution in [3.63, 3.8) is 0 Å². The number of nitrogens with zero attached hydrogens (tertiary/aromatic N) is 1. The van der Waals surface area contributed by atoms with E-state index in [9.17, 15) is 4.79 Å². The van der Waals surface area contributed by atoms with E-state index in [-0.39, 0.29) is 5.91 Å². The highest BCUT2D eigenvalue weighted by Crippen LogP contribution is 2.02. The SMILES string of the molecule is Cc1cccc(C=NNC(=O)CCc2ccccc2)c1. The lowest BCUT2D eigenvalue weighted by molar-refractivity contribution is -0.121. The normalized spacial score (nSPS) is 10.7. The first kappa shape index (κ1) is 14.0. The monoisotopic (exact) mass is 266 g/mol. The van der Waals surface area contributed by atoms with Crippen molar-refractivity contribution in [1.82, 2.24) is 5.43 Å². The summed E-state index contributed by atoms with van der Waals surface area (Å²) in [6.07, 6.45) is 2.83. The van der Waals surface area contributed by atoms with Gasteiger partial charge in [0, 0.05) is 6.42 Å². The fourth-order valence-corrected chi connectivity index (χ4v) is 1.89. The van der Waals surface area contributed by atoms with E-state index < -0.39 is 0 Å². The Labute approximate surface area is 119 Å². The lowest BCUT2D eigenvalue weighted by Gasteiger charge is -2.00. The first-order valence-electron chi connectivity index (χ1n) is 6.66. The van der Waals surface area contributed by atoms with Gasteiger partial charge in [-0.3, -0.25) is 4.79 Å². The van der Waals surface area contributed by atoms with E-state index in [2.05, 4.69) is 10.5 Å². The fraction of sp³-hybridized carbons (Fsp3) is 0.176. The van der Waals surface area contributed by atoms with Crippen molar-refractivity contribution in [2.75, 3.05) is 0 Å². The highest BCUT2D eigenvalue weighted by molar-refractivity contribution is 5.82. The Bertz CT molecular complexity index is 591. The molecule has 0 aliphatic heterocycles. The second kappa shape index (κ2) is 7.24. The molecule has 102 valence electrons. The van der Waals surface area contributed by atoms with E-state index in [1.54, 1.807) is 6.21 Å². The van der Waals surface area contributed by atoms with Crippen LogP contribution in [0.25, 0.3) is 0 Å². The van der Waals surface area contributed by atoms with Gasteiger partial charge in [-0.2, -0.15) is 5.10 Å². The second-order valence-electron chi connectivity index (χ2n) is 4.69. The van der Waals surface area contributed by atoms with Gasteiger partial charge in [-0.1, -0.05) is 60.2 Å². The van der Waals surface area contributed by atoms with Crippen molar-refractivity contribution in [2.45, 2.75) is 19.8 Å². The molecule has 1 N–H and O–H groups in total. The lowest BCUT2D eigenvalue weighted by Crippen LogP contribution is -2.17. The minimum absolute atomic E-state index is 0.0715. The molecule has 0 bridgehead atoms. The van der Waals surface area contributed by atoms with Crippen LogP contribution in [0, 0.1) is 6.92 Å². The Hall–Kier alpha value is -2.42. The van der Waals surface area contributed by atoms with Crippen LogP contribution in [0.4, 0.5) is 0 Å². The van der Waals surface area contributed by atoms with E-state index in [1.807, 2.05) is 61.5 Å². The third-order valence-corrected chi connectivity index (χ3v) is 2.93. The summed E-state index contributed by atoms with van der Waals surface area (Å²) in [6, 6.07) is 17.9. The molecule has 0 aliphatic rings. The summed E-state index contributed by atoms with van der Waals surface area (Å²) in [5.74, 6) is -0.0715. The van der Waals surface area contributed by atoms with E-state index in [0.29, 0.717) is 6.42 Å². The summed E-state index contributed by atoms with van der Waals surface area (Å²) in [5.41, 5.74) is 5.86. The van der Waals surface area contributed by atoms with Crippen molar-refractivity contribution in [3.05, 3.63) is 71.3 Å². The Kier molecular flexibility index (Phi) is 5.07. The van der Waals surface area contributed by atoms with Gasteiger partial charge in [0.15, 0.2) is 0 Å². The molecule has 1 amide bonds. The molecule has 2 rings (SSSR count). The molecule has 2 aromatic rings. The van der Waals surface area contributed by atoms with Gasteiger partial charge in [-0.15, -0.1) is 0 Å². The molecule has 3 heteroatoms. The van der Waals surface area contributed by atoms with Gasteiger partial charge in [0.25, 0.3) is 0 Å². The number of rotatable bonds is 5. The highest BCUT2D eigenvalue weighted by atomic mass is 16.2. The average Bonchev–Trinajstić information content (AvgIpc) is 2.46. The van der Waals surface area contributed by atoms with Gasteiger partial charge in [0.05, 0.1) is 6.21 Å². The zero-order chi connectivity index (χ0) is 14.2. The zero-order valence-corrected chi connectivity index (χ0v) is 11.5. The molecule has 0 aliphatic carbocycles. The minimum Gasteiger partial charge on any atom is -0.273 e. The topological polar surface area (TPSA) is 41.5 Å². The zero-order valence-electron chi connectivity index (χ0n) is 11.5. The number of hydrogen-bond acceptors (Lipinski definition) is 2. The van der Waals surface area contributed by atoms with Gasteiger partial charge < -0.3 is 0 Å². The minimum atomic E-state index is -0.0715. The molecule has 2 aromatic carbocycles. The number of carbonyl (C=O) groups excluding carboxylic acids is 1. The number of hydrazone groups is 1. The predicted molar refractivity (Wildman–Crippen MR) is 81.7 cm³/mol. The molecule has 0 heterocycles. The quantitative estimate of drug-likeness (QED) is 0.656. The Morgan fingerprint density at radius 3 is 2.70 bits per heavy atom. The molecule has 0 atom stereocenters. The van der Waals surface area contributed by atoms with Gasteiger partial charge in [-0.05, 0) is 24.5 Å². The van der Waals surface area contributed by atoms with Gasteiger partial charge in [0.1, 0.15) is 0 Å². The summed E-state index contributed by atoms with van der Waals surface area (Å²) in [7, 11) is 0. The van der Waals surface area contributed by atoms with Crippen molar-refractivity contribution in [1.29, 1.82) is 0 Å². The first-order chi connectivity index (χ1) is 9.74. The van der Waals surface area contributed by atoms with Crippen LogP contribution in [0.15, 0.2) is 59.7 Å². The second-order valence-corrected chi connectivity index (χ2v) is 4.69. The summed E-state index contributed by atoms with van der Waals surface area (Å²) < 4.78 is 0. The maximum absolute atomic E-state index is 11.6. The van der Waals surface area contributed by atoms with Crippen LogP contribution in [0.3, 0.4) is 0 Å². The third-order valence-electron chi connectivity index (χ3n) is 2.93. The number of nitrogens with one attached hydrogen (secondary N) is 1.